The van der Waals surface area contributed by atoms with E-state index in [-0.39, 0.29) is 48.8 Å². The third kappa shape index (κ3) is 8.02. The van der Waals surface area contributed by atoms with Crippen molar-refractivity contribution in [2.75, 3.05) is 27.7 Å². The number of amides is 1. The van der Waals surface area contributed by atoms with E-state index in [0.717, 1.165) is 5.56 Å². The molecule has 1 aromatic carbocycles. The molecule has 1 amide bonds. The molecule has 29 heavy (non-hydrogen) atoms. The van der Waals surface area contributed by atoms with E-state index in [2.05, 4.69) is 15.6 Å². The molecule has 1 aromatic rings. The molecule has 5 nitrogen and oxygen atoms in total. The lowest BCUT2D eigenvalue weighted by atomic mass is 9.85. The van der Waals surface area contributed by atoms with Crippen LogP contribution in [0.2, 0.25) is 0 Å². The van der Waals surface area contributed by atoms with Gasteiger partial charge in [0.25, 0.3) is 5.91 Å². The monoisotopic (exact) mass is 526 g/mol. The predicted octanol–water partition coefficient (Wildman–Crippen LogP) is 3.84. The summed E-state index contributed by atoms with van der Waals surface area (Å²) in [5.41, 5.74) is 1.64. The number of rotatable bonds is 5. The van der Waals surface area contributed by atoms with Gasteiger partial charge in [0, 0.05) is 39.3 Å². The molecule has 9 heteroatoms. The van der Waals surface area contributed by atoms with E-state index in [4.69, 9.17) is 0 Å². The summed E-state index contributed by atoms with van der Waals surface area (Å²) in [4.78, 5) is 17.7. The van der Waals surface area contributed by atoms with Crippen LogP contribution in [0.4, 0.5) is 13.2 Å². The van der Waals surface area contributed by atoms with Crippen LogP contribution in [0.3, 0.4) is 0 Å². The number of benzene rings is 1. The minimum Gasteiger partial charge on any atom is -0.356 e. The molecule has 2 N–H and O–H groups in total. The summed E-state index contributed by atoms with van der Waals surface area (Å²) in [6.07, 6.45) is -1.90. The SMILES string of the molecule is CN=C(NCCc1cccc(C(=O)N(C)C)c1)NC1CCCC(C(F)(F)F)C1.I. The molecular formula is C20H30F3IN4O. The number of hydrogen-bond acceptors (Lipinski definition) is 2. The fraction of sp³-hybridized carbons (Fsp3) is 0.600. The Hall–Kier alpha value is -1.52. The van der Waals surface area contributed by atoms with Crippen molar-refractivity contribution in [3.05, 3.63) is 35.4 Å². The molecule has 2 atom stereocenters. The number of hydrogen-bond donors (Lipinski definition) is 2. The van der Waals surface area contributed by atoms with Gasteiger partial charge in [-0.25, -0.2) is 0 Å². The minimum atomic E-state index is -4.13. The molecule has 164 valence electrons. The molecule has 2 unspecified atom stereocenters. The van der Waals surface area contributed by atoms with Crippen LogP contribution < -0.4 is 10.6 Å². The topological polar surface area (TPSA) is 56.7 Å². The molecular weight excluding hydrogens is 496 g/mol. The zero-order valence-corrected chi connectivity index (χ0v) is 19.4. The van der Waals surface area contributed by atoms with Crippen LogP contribution >= 0.6 is 24.0 Å². The van der Waals surface area contributed by atoms with E-state index in [1.165, 1.54) is 4.90 Å². The lowest BCUT2D eigenvalue weighted by molar-refractivity contribution is -0.183. The summed E-state index contributed by atoms with van der Waals surface area (Å²) in [6, 6.07) is 7.19. The van der Waals surface area contributed by atoms with Gasteiger partial charge >= 0.3 is 6.18 Å². The van der Waals surface area contributed by atoms with Crippen molar-refractivity contribution in [1.29, 1.82) is 0 Å². The Morgan fingerprint density at radius 1 is 1.28 bits per heavy atom. The second-order valence-corrected chi connectivity index (χ2v) is 7.40. The lowest BCUT2D eigenvalue weighted by Gasteiger charge is -2.31. The van der Waals surface area contributed by atoms with E-state index in [1.807, 2.05) is 18.2 Å². The maximum absolute atomic E-state index is 13.0. The summed E-state index contributed by atoms with van der Waals surface area (Å²) in [5.74, 6) is -0.786. The Morgan fingerprint density at radius 2 is 2.00 bits per heavy atom. The first-order valence-electron chi connectivity index (χ1n) is 9.55. The third-order valence-electron chi connectivity index (χ3n) is 4.99. The Morgan fingerprint density at radius 3 is 2.62 bits per heavy atom. The number of alkyl halides is 3. The first kappa shape index (κ1) is 25.5. The number of carbonyl (C=O) groups excluding carboxylic acids is 1. The van der Waals surface area contributed by atoms with Gasteiger partial charge in [-0.3, -0.25) is 9.79 Å². The van der Waals surface area contributed by atoms with Gasteiger partial charge in [0.2, 0.25) is 0 Å². The van der Waals surface area contributed by atoms with Crippen LogP contribution in [0, 0.1) is 5.92 Å². The summed E-state index contributed by atoms with van der Waals surface area (Å²) in [7, 11) is 5.03. The number of nitrogens with zero attached hydrogens (tertiary/aromatic N) is 2. The predicted molar refractivity (Wildman–Crippen MR) is 120 cm³/mol. The number of halogens is 4. The molecule has 0 bridgehead atoms. The van der Waals surface area contributed by atoms with Gasteiger partial charge in [0.1, 0.15) is 0 Å². The van der Waals surface area contributed by atoms with Crippen LogP contribution in [0.25, 0.3) is 0 Å². The number of nitrogens with one attached hydrogen (secondary N) is 2. The highest BCUT2D eigenvalue weighted by molar-refractivity contribution is 14.0. The van der Waals surface area contributed by atoms with Crippen molar-refractivity contribution in [2.45, 2.75) is 44.3 Å². The highest BCUT2D eigenvalue weighted by atomic mass is 127. The smallest absolute Gasteiger partial charge is 0.356 e. The molecule has 1 fully saturated rings. The second-order valence-electron chi connectivity index (χ2n) is 7.40. The molecule has 0 heterocycles. The summed E-state index contributed by atoms with van der Waals surface area (Å²) in [5, 5.41) is 6.27. The van der Waals surface area contributed by atoms with Gasteiger partial charge in [-0.2, -0.15) is 13.2 Å². The van der Waals surface area contributed by atoms with E-state index in [9.17, 15) is 18.0 Å². The second kappa shape index (κ2) is 11.6. The lowest BCUT2D eigenvalue weighted by Crippen LogP contribution is -2.47. The molecule has 1 aliphatic carbocycles. The zero-order valence-electron chi connectivity index (χ0n) is 17.1. The average Bonchev–Trinajstić information content (AvgIpc) is 2.66. The molecule has 0 spiro atoms. The Kier molecular flexibility index (Phi) is 10.2. The van der Waals surface area contributed by atoms with Crippen LogP contribution in [0.15, 0.2) is 29.3 Å². The largest absolute Gasteiger partial charge is 0.391 e. The molecule has 0 aromatic heterocycles. The maximum Gasteiger partial charge on any atom is 0.391 e. The Labute approximate surface area is 187 Å². The van der Waals surface area contributed by atoms with E-state index in [0.29, 0.717) is 37.3 Å². The van der Waals surface area contributed by atoms with Crippen LogP contribution in [-0.2, 0) is 6.42 Å². The van der Waals surface area contributed by atoms with Gasteiger partial charge in [0.05, 0.1) is 5.92 Å². The zero-order chi connectivity index (χ0) is 20.7. The van der Waals surface area contributed by atoms with E-state index >= 15 is 0 Å². The normalized spacial score (nSPS) is 19.9. The quantitative estimate of drug-likeness (QED) is 0.349. The van der Waals surface area contributed by atoms with E-state index in [1.54, 1.807) is 27.2 Å². The van der Waals surface area contributed by atoms with Crippen molar-refractivity contribution >= 4 is 35.8 Å². The van der Waals surface area contributed by atoms with Crippen molar-refractivity contribution in [1.82, 2.24) is 15.5 Å². The molecule has 0 aliphatic heterocycles. The van der Waals surface area contributed by atoms with Gasteiger partial charge in [-0.05, 0) is 43.4 Å². The highest BCUT2D eigenvalue weighted by Crippen LogP contribution is 2.37. The molecule has 1 aliphatic rings. The average molecular weight is 526 g/mol. The van der Waals surface area contributed by atoms with Gasteiger partial charge in [-0.15, -0.1) is 24.0 Å². The summed E-state index contributed by atoms with van der Waals surface area (Å²) in [6.45, 7) is 0.564. The fourth-order valence-electron chi connectivity index (χ4n) is 3.45. The Balaban J connectivity index is 0.00000420. The first-order valence-corrected chi connectivity index (χ1v) is 9.55. The van der Waals surface area contributed by atoms with Crippen molar-refractivity contribution in [2.24, 2.45) is 10.9 Å². The molecule has 1 saturated carbocycles. The van der Waals surface area contributed by atoms with Crippen LogP contribution in [0.5, 0.6) is 0 Å². The standard InChI is InChI=1S/C20H29F3N4O.HI/c1-24-19(26-17-9-5-8-16(13-17)20(21,22)23)25-11-10-14-6-4-7-15(12-14)18(28)27(2)3;/h4,6-7,12,16-17H,5,8-11,13H2,1-3H3,(H2,24,25,26);1H. The molecule has 2 rings (SSSR count). The third-order valence-corrected chi connectivity index (χ3v) is 4.99. The molecule has 0 saturated heterocycles. The molecule has 0 radical (unpaired) electrons. The first-order chi connectivity index (χ1) is 13.2. The number of aliphatic imine (C=N–C) groups is 1. The van der Waals surface area contributed by atoms with Gasteiger partial charge < -0.3 is 15.5 Å². The summed E-state index contributed by atoms with van der Waals surface area (Å²) < 4.78 is 38.9. The number of carbonyl (C=O) groups is 1. The van der Waals surface area contributed by atoms with Gasteiger partial charge in [-0.1, -0.05) is 18.6 Å². The maximum atomic E-state index is 13.0. The van der Waals surface area contributed by atoms with E-state index < -0.39 is 12.1 Å². The summed E-state index contributed by atoms with van der Waals surface area (Å²) >= 11 is 0. The van der Waals surface area contributed by atoms with Crippen LogP contribution in [-0.4, -0.2) is 56.7 Å². The van der Waals surface area contributed by atoms with Crippen molar-refractivity contribution < 1.29 is 18.0 Å². The van der Waals surface area contributed by atoms with Crippen molar-refractivity contribution in [3.8, 4) is 0 Å². The fourth-order valence-corrected chi connectivity index (χ4v) is 3.45. The number of guanidine groups is 1. The minimum absolute atomic E-state index is 0. The van der Waals surface area contributed by atoms with Crippen molar-refractivity contribution in [3.63, 3.8) is 0 Å². The Bertz CT molecular complexity index is 695. The highest BCUT2D eigenvalue weighted by Gasteiger charge is 2.42. The van der Waals surface area contributed by atoms with Gasteiger partial charge in [0.15, 0.2) is 5.96 Å². The van der Waals surface area contributed by atoms with Crippen LogP contribution in [0.1, 0.15) is 41.6 Å².